The molecule has 0 fully saturated rings. The summed E-state index contributed by atoms with van der Waals surface area (Å²) < 4.78 is 6.74. The Kier molecular flexibility index (Phi) is 5.65. The summed E-state index contributed by atoms with van der Waals surface area (Å²) in [4.78, 5) is 34.1. The van der Waals surface area contributed by atoms with Crippen LogP contribution in [-0.4, -0.2) is 48.8 Å². The van der Waals surface area contributed by atoms with Crippen molar-refractivity contribution in [2.45, 2.75) is 19.4 Å². The minimum Gasteiger partial charge on any atom is -0.450 e. The van der Waals surface area contributed by atoms with Crippen LogP contribution in [0.1, 0.15) is 39.9 Å². The molecular weight excluding hydrogens is 468 g/mol. The van der Waals surface area contributed by atoms with Crippen LogP contribution >= 0.6 is 0 Å². The first-order valence-electron chi connectivity index (χ1n) is 11.9. The van der Waals surface area contributed by atoms with Crippen LogP contribution in [0.3, 0.4) is 0 Å². The van der Waals surface area contributed by atoms with Crippen molar-refractivity contribution in [3.8, 4) is 0 Å². The van der Waals surface area contributed by atoms with E-state index in [1.807, 2.05) is 55.5 Å². The SMILES string of the molecule is Cc1ccnc2nc(C(=O)OCC(=O)N3N=C(c4ccc5ccccc5c4)CC3c3ccccc3)nn12. The van der Waals surface area contributed by atoms with Crippen LogP contribution in [0.25, 0.3) is 16.6 Å². The Morgan fingerprint density at radius 3 is 2.57 bits per heavy atom. The molecule has 3 heterocycles. The van der Waals surface area contributed by atoms with Crippen molar-refractivity contribution >= 4 is 34.1 Å². The topological polar surface area (TPSA) is 102 Å². The van der Waals surface area contributed by atoms with E-state index in [1.54, 1.807) is 12.3 Å². The second-order valence-corrected chi connectivity index (χ2v) is 8.79. The molecule has 1 unspecified atom stereocenters. The molecule has 0 saturated heterocycles. The van der Waals surface area contributed by atoms with Gasteiger partial charge in [-0.15, -0.1) is 5.10 Å². The highest BCUT2D eigenvalue weighted by molar-refractivity contribution is 6.05. The molecule has 3 aromatic carbocycles. The molecular formula is C28H22N6O3. The molecule has 1 aliphatic rings. The first-order chi connectivity index (χ1) is 18.1. The largest absolute Gasteiger partial charge is 0.450 e. The van der Waals surface area contributed by atoms with Crippen LogP contribution < -0.4 is 0 Å². The van der Waals surface area contributed by atoms with Gasteiger partial charge in [0.15, 0.2) is 6.61 Å². The van der Waals surface area contributed by atoms with Crippen LogP contribution in [0.2, 0.25) is 0 Å². The van der Waals surface area contributed by atoms with Crippen LogP contribution in [0.5, 0.6) is 0 Å². The summed E-state index contributed by atoms with van der Waals surface area (Å²) in [5.74, 6) is -1.11. The smallest absolute Gasteiger partial charge is 0.378 e. The Hall–Kier alpha value is -4.92. The van der Waals surface area contributed by atoms with Crippen molar-refractivity contribution in [3.63, 3.8) is 0 Å². The summed E-state index contributed by atoms with van der Waals surface area (Å²) in [5.41, 5.74) is 3.46. The molecule has 2 aromatic heterocycles. The van der Waals surface area contributed by atoms with Crippen molar-refractivity contribution in [2.24, 2.45) is 5.10 Å². The molecule has 0 aliphatic carbocycles. The van der Waals surface area contributed by atoms with E-state index in [4.69, 9.17) is 4.74 Å². The molecule has 0 N–H and O–H groups in total. The van der Waals surface area contributed by atoms with Crippen molar-refractivity contribution in [2.75, 3.05) is 6.61 Å². The van der Waals surface area contributed by atoms with Gasteiger partial charge in [0.25, 0.3) is 17.5 Å². The number of esters is 1. The second-order valence-electron chi connectivity index (χ2n) is 8.79. The lowest BCUT2D eigenvalue weighted by molar-refractivity contribution is -0.136. The van der Waals surface area contributed by atoms with E-state index in [2.05, 4.69) is 44.4 Å². The number of carbonyl (C=O) groups excluding carboxylic acids is 2. The monoisotopic (exact) mass is 490 g/mol. The molecule has 9 nitrogen and oxygen atoms in total. The van der Waals surface area contributed by atoms with E-state index in [0.29, 0.717) is 6.42 Å². The zero-order valence-electron chi connectivity index (χ0n) is 20.0. The van der Waals surface area contributed by atoms with Gasteiger partial charge in [0.2, 0.25) is 0 Å². The fourth-order valence-corrected chi connectivity index (χ4v) is 4.47. The molecule has 0 bridgehead atoms. The molecule has 9 heteroatoms. The Morgan fingerprint density at radius 2 is 1.76 bits per heavy atom. The number of aromatic nitrogens is 4. The minimum atomic E-state index is -0.799. The van der Waals surface area contributed by atoms with Gasteiger partial charge in [-0.25, -0.2) is 19.3 Å². The Balaban J connectivity index is 1.25. The standard InChI is InChI=1S/C28H22N6O3/c1-18-13-14-29-28-30-26(32-33(18)28)27(36)37-17-25(35)34-24(20-8-3-2-4-9-20)16-23(31-34)22-12-11-19-7-5-6-10-21(19)15-22/h2-15,24H,16-17H2,1H3. The quantitative estimate of drug-likeness (QED) is 0.344. The first-order valence-corrected chi connectivity index (χ1v) is 11.9. The number of hydrazone groups is 1. The van der Waals surface area contributed by atoms with E-state index in [0.717, 1.165) is 33.3 Å². The number of carbonyl (C=O) groups is 2. The van der Waals surface area contributed by atoms with Gasteiger partial charge in [-0.05, 0) is 41.0 Å². The average molecular weight is 491 g/mol. The highest BCUT2D eigenvalue weighted by Crippen LogP contribution is 2.33. The number of hydrogen-bond donors (Lipinski definition) is 0. The maximum atomic E-state index is 13.3. The van der Waals surface area contributed by atoms with Crippen molar-refractivity contribution < 1.29 is 14.3 Å². The fraction of sp³-hybridized carbons (Fsp3) is 0.143. The van der Waals surface area contributed by atoms with Gasteiger partial charge in [0.1, 0.15) is 0 Å². The Bertz CT molecular complexity index is 1680. The molecule has 1 aliphatic heterocycles. The molecule has 0 spiro atoms. The molecule has 6 rings (SSSR count). The lowest BCUT2D eigenvalue weighted by Gasteiger charge is -2.21. The Morgan fingerprint density at radius 1 is 0.973 bits per heavy atom. The number of hydrogen-bond acceptors (Lipinski definition) is 7. The van der Waals surface area contributed by atoms with E-state index in [9.17, 15) is 9.59 Å². The van der Waals surface area contributed by atoms with Gasteiger partial charge >= 0.3 is 5.97 Å². The zero-order valence-corrected chi connectivity index (χ0v) is 20.0. The summed E-state index contributed by atoms with van der Waals surface area (Å²) in [6.07, 6.45) is 2.13. The van der Waals surface area contributed by atoms with Crippen molar-refractivity contribution in [1.82, 2.24) is 24.6 Å². The highest BCUT2D eigenvalue weighted by Gasteiger charge is 2.33. The van der Waals surface area contributed by atoms with E-state index >= 15 is 0 Å². The molecule has 0 radical (unpaired) electrons. The van der Waals surface area contributed by atoms with Gasteiger partial charge in [-0.2, -0.15) is 10.1 Å². The normalized spacial score (nSPS) is 15.2. The Labute approximate surface area is 212 Å². The number of rotatable bonds is 5. The van der Waals surface area contributed by atoms with Crippen LogP contribution in [0, 0.1) is 6.92 Å². The van der Waals surface area contributed by atoms with Gasteiger partial charge in [0.05, 0.1) is 11.8 Å². The lowest BCUT2D eigenvalue weighted by atomic mass is 9.97. The second kappa shape index (κ2) is 9.27. The maximum absolute atomic E-state index is 13.3. The lowest BCUT2D eigenvalue weighted by Crippen LogP contribution is -2.31. The summed E-state index contributed by atoms with van der Waals surface area (Å²) >= 11 is 0. The van der Waals surface area contributed by atoms with Crippen LogP contribution in [0.4, 0.5) is 0 Å². The fourth-order valence-electron chi connectivity index (χ4n) is 4.47. The maximum Gasteiger partial charge on any atom is 0.378 e. The molecule has 182 valence electrons. The van der Waals surface area contributed by atoms with Crippen molar-refractivity contribution in [3.05, 3.63) is 108 Å². The van der Waals surface area contributed by atoms with Gasteiger partial charge in [-0.3, -0.25) is 4.79 Å². The summed E-state index contributed by atoms with van der Waals surface area (Å²) in [5, 5.41) is 12.5. The van der Waals surface area contributed by atoms with Crippen molar-refractivity contribution in [1.29, 1.82) is 0 Å². The van der Waals surface area contributed by atoms with Gasteiger partial charge < -0.3 is 4.74 Å². The average Bonchev–Trinajstić information content (AvgIpc) is 3.58. The highest BCUT2D eigenvalue weighted by atomic mass is 16.5. The molecule has 1 amide bonds. The molecule has 1 atom stereocenters. The summed E-state index contributed by atoms with van der Waals surface area (Å²) in [6.45, 7) is 1.34. The minimum absolute atomic E-state index is 0.156. The third kappa shape index (κ3) is 4.31. The molecule has 37 heavy (non-hydrogen) atoms. The van der Waals surface area contributed by atoms with Crippen LogP contribution in [-0.2, 0) is 9.53 Å². The summed E-state index contributed by atoms with van der Waals surface area (Å²) in [7, 11) is 0. The number of ether oxygens (including phenoxy) is 1. The van der Waals surface area contributed by atoms with E-state index in [1.165, 1.54) is 9.52 Å². The predicted octanol–water partition coefficient (Wildman–Crippen LogP) is 4.12. The van der Waals surface area contributed by atoms with Gasteiger partial charge in [-0.1, -0.05) is 66.7 Å². The first kappa shape index (κ1) is 22.5. The third-order valence-corrected chi connectivity index (χ3v) is 6.37. The van der Waals surface area contributed by atoms with E-state index in [-0.39, 0.29) is 17.6 Å². The number of nitrogens with zero attached hydrogens (tertiary/aromatic N) is 6. The van der Waals surface area contributed by atoms with E-state index < -0.39 is 18.5 Å². The number of benzene rings is 3. The predicted molar refractivity (Wildman–Crippen MR) is 137 cm³/mol. The number of amides is 1. The number of aryl methyl sites for hydroxylation is 1. The molecule has 5 aromatic rings. The van der Waals surface area contributed by atoms with Crippen LogP contribution in [0.15, 0.2) is 90.2 Å². The molecule has 0 saturated carbocycles. The summed E-state index contributed by atoms with van der Waals surface area (Å²) in [6, 6.07) is 25.4. The van der Waals surface area contributed by atoms with Gasteiger partial charge in [0, 0.05) is 18.3 Å². The third-order valence-electron chi connectivity index (χ3n) is 6.37. The zero-order chi connectivity index (χ0) is 25.4. The number of fused-ring (bicyclic) bond motifs is 2.